The van der Waals surface area contributed by atoms with Crippen molar-refractivity contribution in [2.75, 3.05) is 6.61 Å². The fourth-order valence-electron chi connectivity index (χ4n) is 1.90. The first-order chi connectivity index (χ1) is 8.63. The number of unbranched alkanes of at least 4 members (excludes halogenated alkanes) is 7. The predicted octanol–water partition coefficient (Wildman–Crippen LogP) is 1.80. The molecule has 0 aromatic heterocycles. The van der Waals surface area contributed by atoms with Crippen molar-refractivity contribution in [3.8, 4) is 0 Å². The van der Waals surface area contributed by atoms with Crippen molar-refractivity contribution in [1.82, 2.24) is 0 Å². The number of Topliss-reactive ketones (excluding diaryl/α,β-unsaturated/α-hetero) is 1. The summed E-state index contributed by atoms with van der Waals surface area (Å²) < 4.78 is 0. The lowest BCUT2D eigenvalue weighted by Crippen LogP contribution is -2.36. The molecule has 0 aliphatic rings. The van der Waals surface area contributed by atoms with Gasteiger partial charge in [0.1, 0.15) is 12.2 Å². The summed E-state index contributed by atoms with van der Waals surface area (Å²) in [5.41, 5.74) is 0. The van der Waals surface area contributed by atoms with E-state index in [1.165, 1.54) is 32.1 Å². The first kappa shape index (κ1) is 17.6. The zero-order chi connectivity index (χ0) is 13.8. The van der Waals surface area contributed by atoms with Crippen LogP contribution >= 0.6 is 0 Å². The maximum absolute atomic E-state index is 11.4. The summed E-state index contributed by atoms with van der Waals surface area (Å²) >= 11 is 0. The molecule has 0 saturated heterocycles. The molecule has 2 unspecified atom stereocenters. The van der Waals surface area contributed by atoms with E-state index in [4.69, 9.17) is 10.2 Å². The molecular weight excluding hydrogens is 232 g/mol. The highest BCUT2D eigenvalue weighted by molar-refractivity contribution is 5.83. The molecule has 3 N–H and O–H groups in total. The van der Waals surface area contributed by atoms with Crippen molar-refractivity contribution in [1.29, 1.82) is 0 Å². The number of carbonyl (C=O) groups excluding carboxylic acids is 1. The Kier molecular flexibility index (Phi) is 11.3. The molecule has 0 aliphatic heterocycles. The van der Waals surface area contributed by atoms with Gasteiger partial charge in [0.05, 0.1) is 6.61 Å². The third kappa shape index (κ3) is 8.61. The normalized spacial score (nSPS) is 14.4. The minimum Gasteiger partial charge on any atom is -0.394 e. The molecule has 18 heavy (non-hydrogen) atoms. The molecule has 108 valence electrons. The highest BCUT2D eigenvalue weighted by Crippen LogP contribution is 2.10. The van der Waals surface area contributed by atoms with Gasteiger partial charge in [-0.15, -0.1) is 0 Å². The van der Waals surface area contributed by atoms with Gasteiger partial charge >= 0.3 is 0 Å². The summed E-state index contributed by atoms with van der Waals surface area (Å²) in [6.45, 7) is 1.61. The lowest BCUT2D eigenvalue weighted by Gasteiger charge is -2.13. The van der Waals surface area contributed by atoms with Crippen molar-refractivity contribution >= 4 is 5.78 Å². The molecule has 0 aromatic carbocycles. The molecule has 0 amide bonds. The average molecular weight is 260 g/mol. The Labute approximate surface area is 110 Å². The van der Waals surface area contributed by atoms with Crippen LogP contribution in [0.4, 0.5) is 0 Å². The molecule has 0 rings (SSSR count). The fraction of sp³-hybridized carbons (Fsp3) is 0.929. The number of carbonyl (C=O) groups is 1. The number of aliphatic hydroxyl groups is 3. The number of ketones is 1. The van der Waals surface area contributed by atoms with Gasteiger partial charge in [-0.3, -0.25) is 4.79 Å². The zero-order valence-electron chi connectivity index (χ0n) is 11.5. The summed E-state index contributed by atoms with van der Waals surface area (Å²) in [7, 11) is 0. The van der Waals surface area contributed by atoms with Gasteiger partial charge < -0.3 is 15.3 Å². The predicted molar refractivity (Wildman–Crippen MR) is 71.3 cm³/mol. The van der Waals surface area contributed by atoms with Crippen LogP contribution in [0, 0.1) is 0 Å². The number of rotatable bonds is 12. The summed E-state index contributed by atoms with van der Waals surface area (Å²) in [5.74, 6) is -0.373. The van der Waals surface area contributed by atoms with Gasteiger partial charge in [-0.2, -0.15) is 0 Å². The molecule has 0 aromatic rings. The highest BCUT2D eigenvalue weighted by atomic mass is 16.4. The Morgan fingerprint density at radius 3 is 1.94 bits per heavy atom. The highest BCUT2D eigenvalue weighted by Gasteiger charge is 2.22. The van der Waals surface area contributed by atoms with Gasteiger partial charge in [-0.05, 0) is 6.42 Å². The van der Waals surface area contributed by atoms with E-state index in [0.717, 1.165) is 19.3 Å². The third-order valence-corrected chi connectivity index (χ3v) is 3.16. The summed E-state index contributed by atoms with van der Waals surface area (Å²) in [4.78, 5) is 11.4. The molecule has 0 heterocycles. The van der Waals surface area contributed by atoms with Gasteiger partial charge in [-0.1, -0.05) is 51.9 Å². The minimum atomic E-state index is -1.43. The van der Waals surface area contributed by atoms with Crippen LogP contribution in [-0.2, 0) is 4.79 Å². The van der Waals surface area contributed by atoms with E-state index in [2.05, 4.69) is 6.92 Å². The van der Waals surface area contributed by atoms with Crippen LogP contribution in [0.5, 0.6) is 0 Å². The largest absolute Gasteiger partial charge is 0.394 e. The van der Waals surface area contributed by atoms with E-state index in [9.17, 15) is 9.90 Å². The minimum absolute atomic E-state index is 0.285. The molecule has 2 atom stereocenters. The molecular formula is C14H28O4. The molecule has 4 heteroatoms. The van der Waals surface area contributed by atoms with Crippen molar-refractivity contribution in [2.45, 2.75) is 76.9 Å². The second-order valence-corrected chi connectivity index (χ2v) is 4.89. The molecule has 0 radical (unpaired) electrons. The maximum atomic E-state index is 11.4. The van der Waals surface area contributed by atoms with Gasteiger partial charge in [-0.25, -0.2) is 0 Å². The van der Waals surface area contributed by atoms with Gasteiger partial charge in [0.2, 0.25) is 0 Å². The van der Waals surface area contributed by atoms with Crippen LogP contribution in [0.2, 0.25) is 0 Å². The first-order valence-corrected chi connectivity index (χ1v) is 7.13. The smallest absolute Gasteiger partial charge is 0.164 e. The molecule has 0 fully saturated rings. The second-order valence-electron chi connectivity index (χ2n) is 4.89. The van der Waals surface area contributed by atoms with Crippen LogP contribution in [0.3, 0.4) is 0 Å². The maximum Gasteiger partial charge on any atom is 0.164 e. The Morgan fingerprint density at radius 1 is 0.944 bits per heavy atom. The van der Waals surface area contributed by atoms with E-state index in [-0.39, 0.29) is 12.2 Å². The Morgan fingerprint density at radius 2 is 1.44 bits per heavy atom. The van der Waals surface area contributed by atoms with Gasteiger partial charge in [0.15, 0.2) is 5.78 Å². The van der Waals surface area contributed by atoms with E-state index in [1.807, 2.05) is 0 Å². The fourth-order valence-corrected chi connectivity index (χ4v) is 1.90. The second kappa shape index (κ2) is 11.6. The molecule has 0 saturated carbocycles. The van der Waals surface area contributed by atoms with Crippen molar-refractivity contribution < 1.29 is 20.1 Å². The third-order valence-electron chi connectivity index (χ3n) is 3.16. The summed E-state index contributed by atoms with van der Waals surface area (Å²) in [6.07, 6.45) is 6.67. The van der Waals surface area contributed by atoms with E-state index < -0.39 is 18.8 Å². The standard InChI is InChI=1S/C14H28O4/c1-2-3-4-5-6-7-8-9-10-12(16)14(18)13(17)11-15/h13-15,17-18H,2-11H2,1H3. The van der Waals surface area contributed by atoms with E-state index >= 15 is 0 Å². The summed E-state index contributed by atoms with van der Waals surface area (Å²) in [5, 5.41) is 27.0. The monoisotopic (exact) mass is 260 g/mol. The zero-order valence-corrected chi connectivity index (χ0v) is 11.5. The Bertz CT molecular complexity index is 206. The topological polar surface area (TPSA) is 77.8 Å². The summed E-state index contributed by atoms with van der Waals surface area (Å²) in [6, 6.07) is 0. The Hall–Kier alpha value is -0.450. The van der Waals surface area contributed by atoms with Crippen LogP contribution in [0.15, 0.2) is 0 Å². The quantitative estimate of drug-likeness (QED) is 0.468. The SMILES string of the molecule is CCCCCCCCCCC(=O)C(O)C(O)CO. The lowest BCUT2D eigenvalue weighted by atomic mass is 10.0. The van der Waals surface area contributed by atoms with Crippen LogP contribution < -0.4 is 0 Å². The van der Waals surface area contributed by atoms with Gasteiger partial charge in [0, 0.05) is 6.42 Å². The van der Waals surface area contributed by atoms with Crippen LogP contribution in [0.1, 0.15) is 64.7 Å². The number of aliphatic hydroxyl groups excluding tert-OH is 3. The van der Waals surface area contributed by atoms with Crippen LogP contribution in [0.25, 0.3) is 0 Å². The average Bonchev–Trinajstić information content (AvgIpc) is 2.39. The van der Waals surface area contributed by atoms with E-state index in [1.54, 1.807) is 0 Å². The number of hydrogen-bond acceptors (Lipinski definition) is 4. The Balaban J connectivity index is 3.40. The lowest BCUT2D eigenvalue weighted by molar-refractivity contribution is -0.134. The van der Waals surface area contributed by atoms with Crippen molar-refractivity contribution in [3.05, 3.63) is 0 Å². The molecule has 0 bridgehead atoms. The molecule has 4 nitrogen and oxygen atoms in total. The number of hydrogen-bond donors (Lipinski definition) is 3. The van der Waals surface area contributed by atoms with E-state index in [0.29, 0.717) is 0 Å². The van der Waals surface area contributed by atoms with Gasteiger partial charge in [0.25, 0.3) is 0 Å². The first-order valence-electron chi connectivity index (χ1n) is 7.13. The van der Waals surface area contributed by atoms with Crippen LogP contribution in [-0.4, -0.2) is 39.9 Å². The molecule has 0 aliphatic carbocycles. The molecule has 0 spiro atoms. The van der Waals surface area contributed by atoms with Crippen molar-refractivity contribution in [2.24, 2.45) is 0 Å². The van der Waals surface area contributed by atoms with Crippen molar-refractivity contribution in [3.63, 3.8) is 0 Å².